The average Bonchev–Trinajstić information content (AvgIpc) is 3.26. The molecule has 3 rings (SSSR count). The maximum atomic E-state index is 12.1. The number of anilines is 1. The standard InChI is InChI=1S/C19H23N3O3/c1-14-12-17(21-25-14)13-18(23)20-16-7-4-15(5-8-16)6-9-19(24)22-10-2-3-11-22/h4-5,7-8,12H,2-3,6,9-11,13H2,1H3,(H,20,23). The molecule has 0 atom stereocenters. The third-order valence-corrected chi connectivity index (χ3v) is 4.34. The molecule has 2 aromatic rings. The molecule has 0 spiro atoms. The fourth-order valence-corrected chi connectivity index (χ4v) is 3.00. The number of hydrogen-bond donors (Lipinski definition) is 1. The molecule has 1 fully saturated rings. The summed E-state index contributed by atoms with van der Waals surface area (Å²) >= 11 is 0. The molecule has 0 saturated carbocycles. The molecule has 1 aromatic heterocycles. The largest absolute Gasteiger partial charge is 0.361 e. The van der Waals surface area contributed by atoms with E-state index in [1.165, 1.54) is 0 Å². The van der Waals surface area contributed by atoms with Crippen molar-refractivity contribution >= 4 is 17.5 Å². The van der Waals surface area contributed by atoms with Gasteiger partial charge in [-0.15, -0.1) is 0 Å². The summed E-state index contributed by atoms with van der Waals surface area (Å²) < 4.78 is 4.95. The molecule has 2 amide bonds. The second-order valence-electron chi connectivity index (χ2n) is 6.44. The minimum atomic E-state index is -0.134. The first-order valence-corrected chi connectivity index (χ1v) is 8.69. The average molecular weight is 341 g/mol. The molecule has 132 valence electrons. The van der Waals surface area contributed by atoms with Gasteiger partial charge in [0, 0.05) is 31.3 Å². The Morgan fingerprint density at radius 2 is 1.92 bits per heavy atom. The summed E-state index contributed by atoms with van der Waals surface area (Å²) in [5, 5.41) is 6.65. The Kier molecular flexibility index (Phi) is 5.48. The summed E-state index contributed by atoms with van der Waals surface area (Å²) in [4.78, 5) is 26.0. The lowest BCUT2D eigenvalue weighted by atomic mass is 10.1. The second-order valence-corrected chi connectivity index (χ2v) is 6.44. The zero-order chi connectivity index (χ0) is 17.6. The van der Waals surface area contributed by atoms with Crippen molar-refractivity contribution in [3.05, 3.63) is 47.3 Å². The molecule has 1 aliphatic rings. The molecule has 6 nitrogen and oxygen atoms in total. The molecule has 0 unspecified atom stereocenters. The van der Waals surface area contributed by atoms with Crippen molar-refractivity contribution in [2.45, 2.75) is 39.0 Å². The third-order valence-electron chi connectivity index (χ3n) is 4.34. The van der Waals surface area contributed by atoms with Gasteiger partial charge in [0.05, 0.1) is 12.1 Å². The highest BCUT2D eigenvalue weighted by Crippen LogP contribution is 2.14. The monoisotopic (exact) mass is 341 g/mol. The summed E-state index contributed by atoms with van der Waals surface area (Å²) in [6.45, 7) is 3.59. The molecular weight excluding hydrogens is 318 g/mol. The van der Waals surface area contributed by atoms with Gasteiger partial charge >= 0.3 is 0 Å². The molecule has 1 aliphatic heterocycles. The summed E-state index contributed by atoms with van der Waals surface area (Å²) in [5.74, 6) is 0.790. The van der Waals surface area contributed by atoms with Gasteiger partial charge in [-0.05, 0) is 43.9 Å². The van der Waals surface area contributed by atoms with Gasteiger partial charge < -0.3 is 14.7 Å². The van der Waals surface area contributed by atoms with Crippen molar-refractivity contribution in [1.82, 2.24) is 10.1 Å². The second kappa shape index (κ2) is 7.96. The van der Waals surface area contributed by atoms with Crippen molar-refractivity contribution in [2.75, 3.05) is 18.4 Å². The predicted molar refractivity (Wildman–Crippen MR) is 94.2 cm³/mol. The highest BCUT2D eigenvalue weighted by molar-refractivity contribution is 5.92. The Morgan fingerprint density at radius 3 is 2.56 bits per heavy atom. The number of carbonyl (C=O) groups is 2. The van der Waals surface area contributed by atoms with E-state index in [2.05, 4.69) is 10.5 Å². The Morgan fingerprint density at radius 1 is 1.20 bits per heavy atom. The van der Waals surface area contributed by atoms with Crippen molar-refractivity contribution in [3.8, 4) is 0 Å². The number of nitrogens with zero attached hydrogens (tertiary/aromatic N) is 2. The normalized spacial score (nSPS) is 13.9. The molecule has 1 aromatic carbocycles. The van der Waals surface area contributed by atoms with Gasteiger partial charge in [-0.2, -0.15) is 0 Å². The highest BCUT2D eigenvalue weighted by atomic mass is 16.5. The Balaban J connectivity index is 1.46. The first-order chi connectivity index (χ1) is 12.1. The number of hydrogen-bond acceptors (Lipinski definition) is 4. The first kappa shape index (κ1) is 17.2. The zero-order valence-electron chi connectivity index (χ0n) is 14.5. The van der Waals surface area contributed by atoms with Crippen LogP contribution in [0.25, 0.3) is 0 Å². The summed E-state index contributed by atoms with van der Waals surface area (Å²) in [6, 6.07) is 9.38. The van der Waals surface area contributed by atoms with Gasteiger partial charge in [0.15, 0.2) is 0 Å². The van der Waals surface area contributed by atoms with Crippen molar-refractivity contribution in [2.24, 2.45) is 0 Å². The van der Waals surface area contributed by atoms with E-state index in [0.29, 0.717) is 17.9 Å². The number of rotatable bonds is 6. The van der Waals surface area contributed by atoms with E-state index in [4.69, 9.17) is 4.52 Å². The number of likely N-dealkylation sites (tertiary alicyclic amines) is 1. The summed E-state index contributed by atoms with van der Waals surface area (Å²) in [6.07, 6.45) is 3.69. The van der Waals surface area contributed by atoms with E-state index in [0.717, 1.165) is 43.6 Å². The molecule has 25 heavy (non-hydrogen) atoms. The molecule has 1 saturated heterocycles. The van der Waals surface area contributed by atoms with E-state index in [-0.39, 0.29) is 18.2 Å². The summed E-state index contributed by atoms with van der Waals surface area (Å²) in [5.41, 5.74) is 2.45. The topological polar surface area (TPSA) is 75.4 Å². The minimum Gasteiger partial charge on any atom is -0.361 e. The van der Waals surface area contributed by atoms with Crippen molar-refractivity contribution < 1.29 is 14.1 Å². The molecule has 0 bridgehead atoms. The van der Waals surface area contributed by atoms with E-state index < -0.39 is 0 Å². The number of benzene rings is 1. The molecule has 1 N–H and O–H groups in total. The number of aryl methyl sites for hydroxylation is 2. The van der Waals surface area contributed by atoms with Gasteiger partial charge in [-0.1, -0.05) is 17.3 Å². The number of amides is 2. The molecule has 0 aliphatic carbocycles. The van der Waals surface area contributed by atoms with Crippen LogP contribution in [0.5, 0.6) is 0 Å². The van der Waals surface area contributed by atoms with E-state index >= 15 is 0 Å². The van der Waals surface area contributed by atoms with Crippen LogP contribution < -0.4 is 5.32 Å². The van der Waals surface area contributed by atoms with Crippen LogP contribution >= 0.6 is 0 Å². The maximum absolute atomic E-state index is 12.1. The van der Waals surface area contributed by atoms with Crippen LogP contribution in [0.4, 0.5) is 5.69 Å². The SMILES string of the molecule is Cc1cc(CC(=O)Nc2ccc(CCC(=O)N3CCCC3)cc2)no1. The number of nitrogens with one attached hydrogen (secondary N) is 1. The Hall–Kier alpha value is -2.63. The van der Waals surface area contributed by atoms with Gasteiger partial charge in [-0.25, -0.2) is 0 Å². The summed E-state index contributed by atoms with van der Waals surface area (Å²) in [7, 11) is 0. The minimum absolute atomic E-state index is 0.134. The van der Waals surface area contributed by atoms with E-state index in [1.807, 2.05) is 29.2 Å². The Bertz CT molecular complexity index is 731. The number of carbonyl (C=O) groups excluding carboxylic acids is 2. The lowest BCUT2D eigenvalue weighted by molar-refractivity contribution is -0.130. The predicted octanol–water partition coefficient (Wildman–Crippen LogP) is 2.72. The van der Waals surface area contributed by atoms with Crippen LogP contribution in [0, 0.1) is 6.92 Å². The van der Waals surface area contributed by atoms with Gasteiger partial charge in [0.1, 0.15) is 5.76 Å². The van der Waals surface area contributed by atoms with Crippen LogP contribution in [0.15, 0.2) is 34.9 Å². The fraction of sp³-hybridized carbons (Fsp3) is 0.421. The first-order valence-electron chi connectivity index (χ1n) is 8.69. The van der Waals surface area contributed by atoms with Gasteiger partial charge in [-0.3, -0.25) is 9.59 Å². The van der Waals surface area contributed by atoms with Crippen LogP contribution in [-0.4, -0.2) is 35.0 Å². The van der Waals surface area contributed by atoms with E-state index in [9.17, 15) is 9.59 Å². The van der Waals surface area contributed by atoms with Gasteiger partial charge in [0.2, 0.25) is 11.8 Å². The van der Waals surface area contributed by atoms with Crippen molar-refractivity contribution in [1.29, 1.82) is 0 Å². The smallest absolute Gasteiger partial charge is 0.230 e. The quantitative estimate of drug-likeness (QED) is 0.876. The molecule has 2 heterocycles. The third kappa shape index (κ3) is 4.92. The van der Waals surface area contributed by atoms with Gasteiger partial charge in [0.25, 0.3) is 0 Å². The molecular formula is C19H23N3O3. The van der Waals surface area contributed by atoms with Crippen LogP contribution in [0.1, 0.15) is 36.3 Å². The number of aromatic nitrogens is 1. The van der Waals surface area contributed by atoms with Crippen LogP contribution in [0.3, 0.4) is 0 Å². The molecule has 0 radical (unpaired) electrons. The zero-order valence-corrected chi connectivity index (χ0v) is 14.5. The lowest BCUT2D eigenvalue weighted by Crippen LogP contribution is -2.27. The van der Waals surface area contributed by atoms with E-state index in [1.54, 1.807) is 13.0 Å². The Labute approximate surface area is 147 Å². The lowest BCUT2D eigenvalue weighted by Gasteiger charge is -2.15. The van der Waals surface area contributed by atoms with Crippen LogP contribution in [0.2, 0.25) is 0 Å². The molecule has 6 heteroatoms. The highest BCUT2D eigenvalue weighted by Gasteiger charge is 2.17. The van der Waals surface area contributed by atoms with Crippen molar-refractivity contribution in [3.63, 3.8) is 0 Å². The maximum Gasteiger partial charge on any atom is 0.230 e. The van der Waals surface area contributed by atoms with Crippen LogP contribution in [-0.2, 0) is 22.4 Å². The fourth-order valence-electron chi connectivity index (χ4n) is 3.00.